The molecule has 1 saturated carbocycles. The molecule has 1 aliphatic carbocycles. The Hall–Kier alpha value is -2.47. The smallest absolute Gasteiger partial charge is 0.225 e. The summed E-state index contributed by atoms with van der Waals surface area (Å²) in [5.74, 6) is 1.14. The highest BCUT2D eigenvalue weighted by Gasteiger charge is 2.49. The van der Waals surface area contributed by atoms with Crippen LogP contribution in [0.5, 0.6) is 5.75 Å². The molecule has 5 rings (SSSR count). The standard InChI is InChI=1S/C22H24FN3O2/c23-16-5-6-20-17(8-16)21-19(13-28-20)18(12-26(21)11-14-3-4-14)22(27)25-10-15-2-1-7-24-9-15/h1-2,5-9,14,18-19,21H,3-4,10-13H2,(H,25,27)/t18-,19+,21+/m1/s1. The van der Waals surface area contributed by atoms with Gasteiger partial charge in [-0.3, -0.25) is 14.7 Å². The fraction of sp³-hybridized carbons (Fsp3) is 0.455. The number of likely N-dealkylation sites (tertiary alicyclic amines) is 1. The maximum atomic E-state index is 14.0. The molecular formula is C22H24FN3O2. The van der Waals surface area contributed by atoms with Crippen LogP contribution in [0.4, 0.5) is 4.39 Å². The fourth-order valence-corrected chi connectivity index (χ4v) is 4.62. The van der Waals surface area contributed by atoms with Gasteiger partial charge in [-0.05, 0) is 48.6 Å². The first-order valence-electron chi connectivity index (χ1n) is 10.0. The number of nitrogens with one attached hydrogen (secondary N) is 1. The summed E-state index contributed by atoms with van der Waals surface area (Å²) in [5, 5.41) is 3.06. The van der Waals surface area contributed by atoms with Gasteiger partial charge in [-0.2, -0.15) is 0 Å². The number of carbonyl (C=O) groups is 1. The monoisotopic (exact) mass is 381 g/mol. The predicted octanol–water partition coefficient (Wildman–Crippen LogP) is 2.93. The highest BCUT2D eigenvalue weighted by Crippen LogP contribution is 2.49. The van der Waals surface area contributed by atoms with E-state index in [9.17, 15) is 9.18 Å². The molecule has 2 aliphatic heterocycles. The Labute approximate surface area is 163 Å². The molecule has 146 valence electrons. The van der Waals surface area contributed by atoms with Crippen LogP contribution in [0, 0.1) is 23.6 Å². The predicted molar refractivity (Wildman–Crippen MR) is 102 cm³/mol. The molecule has 1 aromatic heterocycles. The lowest BCUT2D eigenvalue weighted by atomic mass is 9.84. The summed E-state index contributed by atoms with van der Waals surface area (Å²) in [6.45, 7) is 2.64. The van der Waals surface area contributed by atoms with E-state index in [1.165, 1.54) is 18.9 Å². The minimum atomic E-state index is -0.251. The Balaban J connectivity index is 1.37. The summed E-state index contributed by atoms with van der Waals surface area (Å²) in [7, 11) is 0. The highest BCUT2D eigenvalue weighted by molar-refractivity contribution is 5.80. The van der Waals surface area contributed by atoms with Crippen molar-refractivity contribution in [1.29, 1.82) is 0 Å². The third-order valence-corrected chi connectivity index (χ3v) is 6.18. The Morgan fingerprint density at radius 2 is 2.21 bits per heavy atom. The molecule has 5 nitrogen and oxygen atoms in total. The molecule has 1 aromatic carbocycles. The maximum Gasteiger partial charge on any atom is 0.225 e. The summed E-state index contributed by atoms with van der Waals surface area (Å²) in [6, 6.07) is 8.61. The van der Waals surface area contributed by atoms with Crippen molar-refractivity contribution >= 4 is 5.91 Å². The van der Waals surface area contributed by atoms with Gasteiger partial charge in [0.25, 0.3) is 0 Å². The van der Waals surface area contributed by atoms with Crippen LogP contribution in [0.1, 0.15) is 30.0 Å². The number of carbonyl (C=O) groups excluding carboxylic acids is 1. The lowest BCUT2D eigenvalue weighted by molar-refractivity contribution is -0.126. The van der Waals surface area contributed by atoms with Crippen LogP contribution in [0.2, 0.25) is 0 Å². The van der Waals surface area contributed by atoms with Crippen LogP contribution in [0.25, 0.3) is 0 Å². The Bertz CT molecular complexity index is 871. The van der Waals surface area contributed by atoms with Crippen LogP contribution in [-0.2, 0) is 11.3 Å². The van der Waals surface area contributed by atoms with E-state index < -0.39 is 0 Å². The normalized spacial score (nSPS) is 26.2. The molecule has 0 bridgehead atoms. The number of rotatable bonds is 5. The van der Waals surface area contributed by atoms with E-state index in [0.29, 0.717) is 25.6 Å². The van der Waals surface area contributed by atoms with Crippen LogP contribution >= 0.6 is 0 Å². The number of ether oxygens (including phenoxy) is 1. The summed E-state index contributed by atoms with van der Waals surface area (Å²) < 4.78 is 19.9. The van der Waals surface area contributed by atoms with Crippen LogP contribution < -0.4 is 10.1 Å². The largest absolute Gasteiger partial charge is 0.493 e. The van der Waals surface area contributed by atoms with Gasteiger partial charge in [-0.15, -0.1) is 0 Å². The van der Waals surface area contributed by atoms with E-state index in [2.05, 4.69) is 15.2 Å². The number of pyridine rings is 1. The van der Waals surface area contributed by atoms with Crippen molar-refractivity contribution in [2.45, 2.75) is 25.4 Å². The van der Waals surface area contributed by atoms with Crippen molar-refractivity contribution in [2.24, 2.45) is 17.8 Å². The molecule has 6 heteroatoms. The minimum absolute atomic E-state index is 0.0422. The number of aromatic nitrogens is 1. The van der Waals surface area contributed by atoms with Gasteiger partial charge in [-0.25, -0.2) is 4.39 Å². The average Bonchev–Trinajstić information content (AvgIpc) is 3.45. The number of hydrogen-bond donors (Lipinski definition) is 1. The number of hydrogen-bond acceptors (Lipinski definition) is 4. The molecule has 3 heterocycles. The Morgan fingerprint density at radius 1 is 1.32 bits per heavy atom. The lowest BCUT2D eigenvalue weighted by Gasteiger charge is -2.34. The SMILES string of the molecule is O=C(NCc1cccnc1)[C@@H]1CN(CC2CC2)[C@H]2c3cc(F)ccc3OC[C@@H]12. The summed E-state index contributed by atoms with van der Waals surface area (Å²) >= 11 is 0. The molecule has 2 aromatic rings. The number of nitrogens with zero attached hydrogens (tertiary/aromatic N) is 2. The molecule has 0 unspecified atom stereocenters. The van der Waals surface area contributed by atoms with E-state index in [4.69, 9.17) is 4.74 Å². The fourth-order valence-electron chi connectivity index (χ4n) is 4.62. The van der Waals surface area contributed by atoms with Crippen LogP contribution in [0.15, 0.2) is 42.7 Å². The minimum Gasteiger partial charge on any atom is -0.493 e. The van der Waals surface area contributed by atoms with Gasteiger partial charge in [0.2, 0.25) is 5.91 Å². The molecular weight excluding hydrogens is 357 g/mol. The number of amides is 1. The maximum absolute atomic E-state index is 14.0. The average molecular weight is 381 g/mol. The molecule has 1 amide bonds. The molecule has 2 fully saturated rings. The quantitative estimate of drug-likeness (QED) is 0.865. The van der Waals surface area contributed by atoms with Gasteiger partial charge in [0.15, 0.2) is 0 Å². The van der Waals surface area contributed by atoms with Crippen molar-refractivity contribution < 1.29 is 13.9 Å². The molecule has 1 saturated heterocycles. The van der Waals surface area contributed by atoms with Gasteiger partial charge in [0.05, 0.1) is 12.5 Å². The lowest BCUT2D eigenvalue weighted by Crippen LogP contribution is -2.38. The summed E-state index contributed by atoms with van der Waals surface area (Å²) in [6.07, 6.45) is 5.98. The van der Waals surface area contributed by atoms with Gasteiger partial charge >= 0.3 is 0 Å². The zero-order chi connectivity index (χ0) is 19.1. The van der Waals surface area contributed by atoms with Gasteiger partial charge in [0, 0.05) is 49.6 Å². The third kappa shape index (κ3) is 3.37. The van der Waals surface area contributed by atoms with Crippen molar-refractivity contribution in [2.75, 3.05) is 19.7 Å². The van der Waals surface area contributed by atoms with Crippen molar-refractivity contribution in [1.82, 2.24) is 15.2 Å². The van der Waals surface area contributed by atoms with Crippen LogP contribution in [0.3, 0.4) is 0 Å². The van der Waals surface area contributed by atoms with E-state index in [0.717, 1.165) is 23.4 Å². The van der Waals surface area contributed by atoms with Crippen molar-refractivity contribution in [3.05, 3.63) is 59.7 Å². The van der Waals surface area contributed by atoms with Crippen LogP contribution in [-0.4, -0.2) is 35.5 Å². The third-order valence-electron chi connectivity index (χ3n) is 6.18. The number of benzene rings is 1. The van der Waals surface area contributed by atoms with Gasteiger partial charge < -0.3 is 10.1 Å². The summed E-state index contributed by atoms with van der Waals surface area (Å²) in [5.41, 5.74) is 1.87. The zero-order valence-electron chi connectivity index (χ0n) is 15.7. The molecule has 3 aliphatic rings. The second-order valence-electron chi connectivity index (χ2n) is 8.18. The van der Waals surface area contributed by atoms with E-state index in [1.54, 1.807) is 24.5 Å². The Morgan fingerprint density at radius 3 is 3.00 bits per heavy atom. The van der Waals surface area contributed by atoms with E-state index in [1.807, 2.05) is 12.1 Å². The Kier molecular flexibility index (Phi) is 4.51. The van der Waals surface area contributed by atoms with E-state index in [-0.39, 0.29) is 29.6 Å². The van der Waals surface area contributed by atoms with E-state index >= 15 is 0 Å². The number of fused-ring (bicyclic) bond motifs is 3. The summed E-state index contributed by atoms with van der Waals surface area (Å²) in [4.78, 5) is 19.5. The molecule has 1 N–H and O–H groups in total. The second-order valence-corrected chi connectivity index (χ2v) is 8.18. The topological polar surface area (TPSA) is 54.5 Å². The highest BCUT2D eigenvalue weighted by atomic mass is 19.1. The van der Waals surface area contributed by atoms with Gasteiger partial charge in [0.1, 0.15) is 11.6 Å². The molecule has 0 radical (unpaired) electrons. The molecule has 28 heavy (non-hydrogen) atoms. The zero-order valence-corrected chi connectivity index (χ0v) is 15.7. The second kappa shape index (κ2) is 7.17. The molecule has 0 spiro atoms. The number of halogens is 1. The van der Waals surface area contributed by atoms with Crippen molar-refractivity contribution in [3.8, 4) is 5.75 Å². The first-order valence-corrected chi connectivity index (χ1v) is 10.0. The first-order chi connectivity index (χ1) is 13.7. The van der Waals surface area contributed by atoms with Gasteiger partial charge in [-0.1, -0.05) is 6.07 Å². The van der Waals surface area contributed by atoms with Crippen molar-refractivity contribution in [3.63, 3.8) is 0 Å². The molecule has 3 atom stereocenters. The first kappa shape index (κ1) is 17.6.